The number of pyridine rings is 1. The quantitative estimate of drug-likeness (QED) is 0.453. The van der Waals surface area contributed by atoms with Crippen LogP contribution in [0.15, 0.2) is 42.7 Å². The van der Waals surface area contributed by atoms with Crippen LogP contribution < -0.4 is 10.1 Å². The molecule has 0 bridgehead atoms. The van der Waals surface area contributed by atoms with Crippen molar-refractivity contribution in [3.63, 3.8) is 0 Å². The summed E-state index contributed by atoms with van der Waals surface area (Å²) >= 11 is 1.46. The molecule has 5 rings (SSSR count). The molecule has 0 spiro atoms. The molecule has 3 aromatic heterocycles. The van der Waals surface area contributed by atoms with Crippen molar-refractivity contribution in [2.75, 3.05) is 7.11 Å². The lowest BCUT2D eigenvalue weighted by molar-refractivity contribution is 0.0955. The molecule has 0 saturated heterocycles. The predicted molar refractivity (Wildman–Crippen MR) is 130 cm³/mol. The van der Waals surface area contributed by atoms with E-state index in [1.54, 1.807) is 11.8 Å². The van der Waals surface area contributed by atoms with Gasteiger partial charge in [0.1, 0.15) is 15.5 Å². The van der Waals surface area contributed by atoms with Crippen molar-refractivity contribution in [3.8, 4) is 16.9 Å². The summed E-state index contributed by atoms with van der Waals surface area (Å²) in [5.74, 6) is 1.14. The maximum atomic E-state index is 13.4. The summed E-state index contributed by atoms with van der Waals surface area (Å²) in [6, 6.07) is 10.3. The van der Waals surface area contributed by atoms with Crippen molar-refractivity contribution < 1.29 is 9.53 Å². The molecular formula is C25H28N4O2S. The van der Waals surface area contributed by atoms with Crippen molar-refractivity contribution in [1.82, 2.24) is 20.1 Å². The van der Waals surface area contributed by atoms with Gasteiger partial charge in [-0.05, 0) is 49.6 Å². The molecule has 1 fully saturated rings. The van der Waals surface area contributed by atoms with Crippen LogP contribution in [-0.4, -0.2) is 33.8 Å². The average molecular weight is 449 g/mol. The maximum absolute atomic E-state index is 13.4. The van der Waals surface area contributed by atoms with Crippen LogP contribution in [0.2, 0.25) is 0 Å². The first-order valence-electron chi connectivity index (χ1n) is 10.3. The van der Waals surface area contributed by atoms with E-state index in [1.165, 1.54) is 16.9 Å². The molecule has 3 heterocycles. The number of nitrogens with zero attached hydrogens (tertiary/aromatic N) is 3. The zero-order valence-electron chi connectivity index (χ0n) is 18.0. The van der Waals surface area contributed by atoms with Gasteiger partial charge >= 0.3 is 0 Å². The maximum Gasteiger partial charge on any atom is 0.262 e. The number of methoxy groups -OCH3 is 1. The van der Waals surface area contributed by atoms with E-state index in [4.69, 9.17) is 9.72 Å². The normalized spacial score (nSPS) is 17.1. The Morgan fingerprint density at radius 2 is 2.00 bits per heavy atom. The Morgan fingerprint density at radius 3 is 2.66 bits per heavy atom. The largest absolute Gasteiger partial charge is 0.497 e. The minimum Gasteiger partial charge on any atom is -0.497 e. The Morgan fingerprint density at radius 1 is 1.25 bits per heavy atom. The summed E-state index contributed by atoms with van der Waals surface area (Å²) in [5.41, 5.74) is 5.17. The first kappa shape index (κ1) is 22.0. The zero-order valence-corrected chi connectivity index (χ0v) is 18.8. The number of aryl methyl sites for hydroxylation is 3. The molecule has 1 aliphatic carbocycles. The first-order valence-corrected chi connectivity index (χ1v) is 11.1. The number of fused-ring (bicyclic) bond motifs is 1. The highest BCUT2D eigenvalue weighted by Gasteiger charge is 2.40. The van der Waals surface area contributed by atoms with Crippen molar-refractivity contribution in [3.05, 3.63) is 64.4 Å². The fraction of sp³-hybridized carbons (Fsp3) is 0.320. The van der Waals surface area contributed by atoms with Gasteiger partial charge < -0.3 is 10.1 Å². The Hall–Kier alpha value is -3.19. The predicted octanol–water partition coefficient (Wildman–Crippen LogP) is 5.24. The lowest BCUT2D eigenvalue weighted by atomic mass is 10.0. The van der Waals surface area contributed by atoms with Gasteiger partial charge in [-0.1, -0.05) is 19.6 Å². The highest BCUT2D eigenvalue weighted by atomic mass is 32.1. The van der Waals surface area contributed by atoms with Gasteiger partial charge in [0.15, 0.2) is 0 Å². The fourth-order valence-corrected chi connectivity index (χ4v) is 5.46. The van der Waals surface area contributed by atoms with Crippen LogP contribution in [0.1, 0.15) is 46.3 Å². The standard InChI is InChI=1S/C24H24N4O2S.CH4/c1-13-9-14(2)26-24-20(13)21(16-11-25-28(3)12-16)22(31-24)23(29)27-19-10-18(19)15-5-7-17(30-4)8-6-15;/h5-9,11-12,18-19H,10H2,1-4H3,(H,27,29);1H4. The van der Waals surface area contributed by atoms with E-state index < -0.39 is 0 Å². The number of benzene rings is 1. The third-order valence-corrected chi connectivity index (χ3v) is 6.92. The van der Waals surface area contributed by atoms with Crippen LogP contribution >= 0.6 is 11.3 Å². The molecule has 7 heteroatoms. The van der Waals surface area contributed by atoms with Crippen LogP contribution in [0.4, 0.5) is 0 Å². The molecule has 0 aliphatic heterocycles. The fourth-order valence-electron chi connectivity index (χ4n) is 4.24. The van der Waals surface area contributed by atoms with E-state index in [2.05, 4.69) is 35.5 Å². The molecule has 2 unspecified atom stereocenters. The van der Waals surface area contributed by atoms with E-state index in [0.29, 0.717) is 10.8 Å². The van der Waals surface area contributed by atoms with Crippen LogP contribution in [0.3, 0.4) is 0 Å². The number of rotatable bonds is 5. The van der Waals surface area contributed by atoms with Crippen LogP contribution in [0.5, 0.6) is 5.75 Å². The topological polar surface area (TPSA) is 69.0 Å². The molecule has 1 aliphatic rings. The summed E-state index contributed by atoms with van der Waals surface area (Å²) in [6.07, 6.45) is 4.71. The van der Waals surface area contributed by atoms with Crippen LogP contribution in [0, 0.1) is 13.8 Å². The lowest BCUT2D eigenvalue weighted by Gasteiger charge is -2.07. The molecule has 2 atom stereocenters. The van der Waals surface area contributed by atoms with E-state index in [9.17, 15) is 4.79 Å². The van der Waals surface area contributed by atoms with Gasteiger partial charge in [0.2, 0.25) is 0 Å². The van der Waals surface area contributed by atoms with Gasteiger partial charge in [-0.15, -0.1) is 11.3 Å². The van der Waals surface area contributed by atoms with Gasteiger partial charge in [0.05, 0.1) is 13.3 Å². The first-order chi connectivity index (χ1) is 14.9. The molecule has 32 heavy (non-hydrogen) atoms. The molecular weight excluding hydrogens is 420 g/mol. The van der Waals surface area contributed by atoms with E-state index in [0.717, 1.165) is 44.8 Å². The van der Waals surface area contributed by atoms with Crippen molar-refractivity contribution in [1.29, 1.82) is 0 Å². The number of hydrogen-bond donors (Lipinski definition) is 1. The van der Waals surface area contributed by atoms with Gasteiger partial charge in [-0.25, -0.2) is 4.98 Å². The number of carbonyl (C=O) groups is 1. The lowest BCUT2D eigenvalue weighted by Crippen LogP contribution is -2.26. The van der Waals surface area contributed by atoms with Gasteiger partial charge in [0, 0.05) is 47.4 Å². The number of nitrogens with one attached hydrogen (secondary N) is 1. The Balaban J connectivity index is 0.00000245. The summed E-state index contributed by atoms with van der Waals surface area (Å²) in [7, 11) is 3.55. The van der Waals surface area contributed by atoms with Gasteiger partial charge in [0.25, 0.3) is 5.91 Å². The summed E-state index contributed by atoms with van der Waals surface area (Å²) < 4.78 is 7.00. The highest BCUT2D eigenvalue weighted by molar-refractivity contribution is 7.21. The average Bonchev–Trinajstić information content (AvgIpc) is 3.18. The molecule has 1 N–H and O–H groups in total. The second kappa shape index (κ2) is 8.39. The molecule has 0 radical (unpaired) electrons. The number of hydrogen-bond acceptors (Lipinski definition) is 5. The van der Waals surface area contributed by atoms with E-state index in [1.807, 2.05) is 38.5 Å². The van der Waals surface area contributed by atoms with Crippen LogP contribution in [0.25, 0.3) is 21.3 Å². The molecule has 1 amide bonds. The smallest absolute Gasteiger partial charge is 0.262 e. The molecule has 166 valence electrons. The molecule has 1 saturated carbocycles. The minimum absolute atomic E-state index is 0. The number of carbonyl (C=O) groups excluding carboxylic acids is 1. The molecule has 1 aromatic carbocycles. The zero-order chi connectivity index (χ0) is 21.7. The van der Waals surface area contributed by atoms with Crippen molar-refractivity contribution >= 4 is 27.5 Å². The minimum atomic E-state index is -0.0417. The highest BCUT2D eigenvalue weighted by Crippen LogP contribution is 2.43. The molecule has 4 aromatic rings. The summed E-state index contributed by atoms with van der Waals surface area (Å²) in [6.45, 7) is 4.06. The number of ether oxygens (including phenoxy) is 1. The molecule has 6 nitrogen and oxygen atoms in total. The van der Waals surface area contributed by atoms with Crippen LogP contribution in [-0.2, 0) is 7.05 Å². The Kier molecular flexibility index (Phi) is 5.77. The monoisotopic (exact) mass is 448 g/mol. The summed E-state index contributed by atoms with van der Waals surface area (Å²) in [5, 5.41) is 8.61. The van der Waals surface area contributed by atoms with E-state index >= 15 is 0 Å². The van der Waals surface area contributed by atoms with Crippen molar-refractivity contribution in [2.24, 2.45) is 7.05 Å². The Labute approximate surface area is 192 Å². The second-order valence-electron chi connectivity index (χ2n) is 8.16. The van der Waals surface area contributed by atoms with Gasteiger partial charge in [-0.3, -0.25) is 9.48 Å². The SMILES string of the molecule is C.COc1ccc(C2CC2NC(=O)c2sc3nc(C)cc(C)c3c2-c2cnn(C)c2)cc1. The second-order valence-corrected chi connectivity index (χ2v) is 9.16. The number of aromatic nitrogens is 3. The number of thiophene rings is 1. The number of amides is 1. The van der Waals surface area contributed by atoms with Gasteiger partial charge in [-0.2, -0.15) is 5.10 Å². The van der Waals surface area contributed by atoms with E-state index in [-0.39, 0.29) is 19.4 Å². The third-order valence-electron chi connectivity index (χ3n) is 5.84. The van der Waals surface area contributed by atoms with Crippen molar-refractivity contribution in [2.45, 2.75) is 39.7 Å². The third kappa shape index (κ3) is 3.88. The Bertz CT molecular complexity index is 1290. The summed E-state index contributed by atoms with van der Waals surface area (Å²) in [4.78, 5) is 19.7.